The average Bonchev–Trinajstić information content (AvgIpc) is 2.47. The molecule has 0 amide bonds. The molecule has 0 spiro atoms. The van der Waals surface area contributed by atoms with E-state index in [1.54, 1.807) is 18.2 Å². The first-order valence-electron chi connectivity index (χ1n) is 7.47. The molecule has 0 aromatic heterocycles. The summed E-state index contributed by atoms with van der Waals surface area (Å²) >= 11 is 12.0. The lowest BCUT2D eigenvalue weighted by Crippen LogP contribution is -2.39. The van der Waals surface area contributed by atoms with Crippen LogP contribution < -0.4 is 0 Å². The molecule has 0 saturated heterocycles. The summed E-state index contributed by atoms with van der Waals surface area (Å²) < 4.78 is 10.0. The smallest absolute Gasteiger partial charge is 0.341 e. The van der Waals surface area contributed by atoms with Crippen LogP contribution in [0, 0.1) is 0 Å². The van der Waals surface area contributed by atoms with Gasteiger partial charge in [0.1, 0.15) is 5.60 Å². The third-order valence-electron chi connectivity index (χ3n) is 3.83. The summed E-state index contributed by atoms with van der Waals surface area (Å²) in [4.78, 5) is 34.1. The molecule has 8 heteroatoms. The van der Waals surface area contributed by atoms with Gasteiger partial charge in [0.25, 0.3) is 0 Å². The normalized spacial score (nSPS) is 15.0. The molecule has 0 atom stereocenters. The second kappa shape index (κ2) is 7.89. The van der Waals surface area contributed by atoms with Crippen molar-refractivity contribution in [2.45, 2.75) is 31.3 Å². The predicted molar refractivity (Wildman–Crippen MR) is 90.4 cm³/mol. The van der Waals surface area contributed by atoms with E-state index in [1.165, 1.54) is 0 Å². The highest BCUT2D eigenvalue weighted by molar-refractivity contribution is 6.34. The fraction of sp³-hybridized carbons (Fsp3) is 0.353. The summed E-state index contributed by atoms with van der Waals surface area (Å²) in [5.41, 5.74) is -0.301. The van der Waals surface area contributed by atoms with Gasteiger partial charge in [-0.15, -0.1) is 0 Å². The molecule has 1 aliphatic carbocycles. The molecule has 1 aliphatic rings. The van der Waals surface area contributed by atoms with Crippen LogP contribution in [0.15, 0.2) is 30.4 Å². The second-order valence-electron chi connectivity index (χ2n) is 5.73. The number of esters is 2. The van der Waals surface area contributed by atoms with Crippen molar-refractivity contribution in [1.29, 1.82) is 0 Å². The van der Waals surface area contributed by atoms with E-state index in [2.05, 4.69) is 11.3 Å². The number of hydrogen-bond acceptors (Lipinski definition) is 5. The van der Waals surface area contributed by atoms with Crippen LogP contribution in [0.25, 0.3) is 0 Å². The Morgan fingerprint density at radius 2 is 1.76 bits per heavy atom. The fourth-order valence-corrected chi connectivity index (χ4v) is 3.02. The van der Waals surface area contributed by atoms with Crippen LogP contribution >= 0.6 is 23.2 Å². The second-order valence-corrected chi connectivity index (χ2v) is 6.60. The highest BCUT2D eigenvalue weighted by Crippen LogP contribution is 2.46. The fourth-order valence-electron chi connectivity index (χ4n) is 2.49. The number of ether oxygens (including phenoxy) is 2. The molecule has 0 heterocycles. The van der Waals surface area contributed by atoms with Gasteiger partial charge in [-0.1, -0.05) is 29.8 Å². The van der Waals surface area contributed by atoms with Gasteiger partial charge in [-0.3, -0.25) is 4.79 Å². The first-order chi connectivity index (χ1) is 11.7. The molecule has 1 aromatic rings. The Bertz CT molecular complexity index is 704. The molecule has 0 bridgehead atoms. The monoisotopic (exact) mass is 386 g/mol. The van der Waals surface area contributed by atoms with E-state index >= 15 is 0 Å². The van der Waals surface area contributed by atoms with Gasteiger partial charge in [-0.05, 0) is 43.0 Å². The minimum atomic E-state index is -1.30. The van der Waals surface area contributed by atoms with Crippen molar-refractivity contribution in [1.82, 2.24) is 0 Å². The Labute approximate surface area is 154 Å². The summed E-state index contributed by atoms with van der Waals surface area (Å²) in [5.74, 6) is -2.91. The molecule has 6 nitrogen and oxygen atoms in total. The minimum absolute atomic E-state index is 0.176. The Morgan fingerprint density at radius 1 is 1.16 bits per heavy atom. The van der Waals surface area contributed by atoms with Crippen molar-refractivity contribution in [2.75, 3.05) is 6.61 Å². The number of carboxylic acids is 1. The number of rotatable bonds is 7. The van der Waals surface area contributed by atoms with Crippen LogP contribution in [0.5, 0.6) is 0 Å². The zero-order valence-electron chi connectivity index (χ0n) is 13.2. The highest BCUT2D eigenvalue weighted by Gasteiger charge is 2.43. The zero-order valence-corrected chi connectivity index (χ0v) is 14.7. The first kappa shape index (κ1) is 19.3. The van der Waals surface area contributed by atoms with E-state index in [0.717, 1.165) is 6.42 Å². The quantitative estimate of drug-likeness (QED) is 0.569. The molecule has 1 fully saturated rings. The number of carboxylic acid groups (broad SMARTS) is 1. The molecular weight excluding hydrogens is 371 g/mol. The van der Waals surface area contributed by atoms with Gasteiger partial charge < -0.3 is 14.6 Å². The molecule has 1 N–H and O–H groups in total. The Balaban J connectivity index is 2.01. The van der Waals surface area contributed by atoms with Crippen LogP contribution in [0.3, 0.4) is 0 Å². The standard InChI is InChI=1S/C17H16Cl2O6/c1-10(16(23)24-9-14(20)21)5-15(22)25-17(3-2-4-17)11-6-12(18)8-13(19)7-11/h6-8H,1-5,9H2,(H,20,21). The lowest BCUT2D eigenvalue weighted by molar-refractivity contribution is -0.171. The Kier molecular flexibility index (Phi) is 6.08. The number of benzene rings is 1. The van der Waals surface area contributed by atoms with Crippen LogP contribution in [0.4, 0.5) is 0 Å². The summed E-state index contributed by atoms with van der Waals surface area (Å²) in [5, 5.41) is 9.34. The molecule has 25 heavy (non-hydrogen) atoms. The SMILES string of the molecule is C=C(CC(=O)OC1(c2cc(Cl)cc(Cl)c2)CCC1)C(=O)OCC(=O)O. The maximum Gasteiger partial charge on any atom is 0.341 e. The van der Waals surface area contributed by atoms with E-state index in [9.17, 15) is 14.4 Å². The summed E-state index contributed by atoms with van der Waals surface area (Å²) in [6.45, 7) is 2.64. The number of halogens is 2. The van der Waals surface area contributed by atoms with Crippen LogP contribution in [0.2, 0.25) is 10.0 Å². The van der Waals surface area contributed by atoms with Crippen LogP contribution in [-0.2, 0) is 29.5 Å². The molecule has 1 saturated carbocycles. The summed E-state index contributed by atoms with van der Waals surface area (Å²) in [7, 11) is 0. The van der Waals surface area contributed by atoms with Gasteiger partial charge in [-0.25, -0.2) is 9.59 Å². The molecule has 0 aliphatic heterocycles. The number of hydrogen-bond donors (Lipinski definition) is 1. The van der Waals surface area contributed by atoms with E-state index in [1.807, 2.05) is 0 Å². The van der Waals surface area contributed by atoms with Crippen molar-refractivity contribution in [2.24, 2.45) is 0 Å². The largest absolute Gasteiger partial charge is 0.479 e. The van der Waals surface area contributed by atoms with Gasteiger partial charge in [0.15, 0.2) is 6.61 Å². The molecule has 134 valence electrons. The van der Waals surface area contributed by atoms with E-state index in [0.29, 0.717) is 28.5 Å². The maximum absolute atomic E-state index is 12.2. The molecule has 0 radical (unpaired) electrons. The number of aliphatic carboxylic acids is 1. The lowest BCUT2D eigenvalue weighted by Gasteiger charge is -2.41. The number of carbonyl (C=O) groups excluding carboxylic acids is 2. The highest BCUT2D eigenvalue weighted by atomic mass is 35.5. The van der Waals surface area contributed by atoms with E-state index < -0.39 is 36.5 Å². The number of carbonyl (C=O) groups is 3. The van der Waals surface area contributed by atoms with Crippen molar-refractivity contribution >= 4 is 41.1 Å². The lowest BCUT2D eigenvalue weighted by atomic mass is 9.75. The Hall–Kier alpha value is -2.05. The van der Waals surface area contributed by atoms with Crippen molar-refractivity contribution in [3.63, 3.8) is 0 Å². The van der Waals surface area contributed by atoms with Gasteiger partial charge >= 0.3 is 17.9 Å². The van der Waals surface area contributed by atoms with Crippen molar-refractivity contribution in [3.8, 4) is 0 Å². The summed E-state index contributed by atoms with van der Waals surface area (Å²) in [6, 6.07) is 4.97. The third-order valence-corrected chi connectivity index (χ3v) is 4.27. The molecule has 2 rings (SSSR count). The summed E-state index contributed by atoms with van der Waals surface area (Å²) in [6.07, 6.45) is 1.71. The topological polar surface area (TPSA) is 89.9 Å². The van der Waals surface area contributed by atoms with Gasteiger partial charge in [0.2, 0.25) is 0 Å². The van der Waals surface area contributed by atoms with E-state index in [-0.39, 0.29) is 5.57 Å². The van der Waals surface area contributed by atoms with Gasteiger partial charge in [0, 0.05) is 15.6 Å². The van der Waals surface area contributed by atoms with Crippen molar-refractivity contribution < 1.29 is 29.0 Å². The minimum Gasteiger partial charge on any atom is -0.479 e. The van der Waals surface area contributed by atoms with Crippen molar-refractivity contribution in [3.05, 3.63) is 46.0 Å². The zero-order chi connectivity index (χ0) is 18.6. The Morgan fingerprint density at radius 3 is 2.24 bits per heavy atom. The predicted octanol–water partition coefficient (Wildman–Crippen LogP) is 3.49. The molecular formula is C17H16Cl2O6. The third kappa shape index (κ3) is 4.96. The molecule has 1 aromatic carbocycles. The average molecular weight is 387 g/mol. The van der Waals surface area contributed by atoms with E-state index in [4.69, 9.17) is 33.0 Å². The molecule has 0 unspecified atom stereocenters. The maximum atomic E-state index is 12.2. The van der Waals surface area contributed by atoms with Crippen LogP contribution in [0.1, 0.15) is 31.2 Å². The van der Waals surface area contributed by atoms with Gasteiger partial charge in [0.05, 0.1) is 6.42 Å². The first-order valence-corrected chi connectivity index (χ1v) is 8.22. The van der Waals surface area contributed by atoms with Crippen LogP contribution in [-0.4, -0.2) is 29.6 Å². The van der Waals surface area contributed by atoms with Gasteiger partial charge in [-0.2, -0.15) is 0 Å².